The number of carbonyl (C=O) groups excluding carboxylic acids is 1. The number of aromatic nitrogens is 2. The number of amides is 1. The van der Waals surface area contributed by atoms with E-state index in [0.29, 0.717) is 0 Å². The number of nitrogens with zero attached hydrogens (tertiary/aromatic N) is 4. The lowest BCUT2D eigenvalue weighted by Crippen LogP contribution is -2.58. The van der Waals surface area contributed by atoms with E-state index in [1.165, 1.54) is 0 Å². The Kier molecular flexibility index (Phi) is 4.00. The number of benzene rings is 1. The Morgan fingerprint density at radius 1 is 1.27 bits per heavy atom. The van der Waals surface area contributed by atoms with Gasteiger partial charge in [0.05, 0.1) is 22.9 Å². The Bertz CT molecular complexity index is 1140. The lowest BCUT2D eigenvalue weighted by Gasteiger charge is -2.48. The zero-order chi connectivity index (χ0) is 21.1. The van der Waals surface area contributed by atoms with Gasteiger partial charge in [-0.05, 0) is 38.0 Å². The van der Waals surface area contributed by atoms with Crippen LogP contribution >= 0.6 is 0 Å². The highest BCUT2D eigenvalue weighted by molar-refractivity contribution is 6.00. The summed E-state index contributed by atoms with van der Waals surface area (Å²) in [5, 5.41) is 19.7. The average molecular weight is 403 g/mol. The molecule has 2 unspecified atom stereocenters. The molecule has 2 N–H and O–H groups in total. The van der Waals surface area contributed by atoms with Gasteiger partial charge in [0, 0.05) is 42.0 Å². The van der Waals surface area contributed by atoms with Crippen molar-refractivity contribution in [2.75, 3.05) is 0 Å². The predicted octanol–water partition coefficient (Wildman–Crippen LogP) is 3.57. The summed E-state index contributed by atoms with van der Waals surface area (Å²) in [4.78, 5) is 13.4. The first kappa shape index (κ1) is 18.8. The molecule has 1 aromatic carbocycles. The maximum absolute atomic E-state index is 13.4. The van der Waals surface area contributed by atoms with E-state index in [0.717, 1.165) is 46.5 Å². The number of carbonyl (C=O) groups is 1. The van der Waals surface area contributed by atoms with Crippen LogP contribution < -0.4 is 10.6 Å². The summed E-state index contributed by atoms with van der Waals surface area (Å²) in [6.45, 7) is 6.24. The first-order valence-corrected chi connectivity index (χ1v) is 10.4. The second kappa shape index (κ2) is 6.39. The summed E-state index contributed by atoms with van der Waals surface area (Å²) in [6, 6.07) is 10.4. The molecular formula is C23H26N6O. The van der Waals surface area contributed by atoms with Gasteiger partial charge >= 0.3 is 0 Å². The number of aryl methyl sites for hydroxylation is 1. The summed E-state index contributed by atoms with van der Waals surface area (Å²) in [7, 11) is 1.94. The topological polar surface area (TPSA) is 83.7 Å². The van der Waals surface area contributed by atoms with Gasteiger partial charge in [-0.3, -0.25) is 9.48 Å². The minimum Gasteiger partial charge on any atom is -0.362 e. The van der Waals surface area contributed by atoms with Gasteiger partial charge in [-0.25, -0.2) is 0 Å². The average Bonchev–Trinajstić information content (AvgIpc) is 3.34. The van der Waals surface area contributed by atoms with Crippen LogP contribution in [0.5, 0.6) is 0 Å². The largest absolute Gasteiger partial charge is 0.362 e. The van der Waals surface area contributed by atoms with Gasteiger partial charge in [-0.2, -0.15) is 15.3 Å². The Hall–Kier alpha value is -3.22. The summed E-state index contributed by atoms with van der Waals surface area (Å²) < 4.78 is 1.86. The zero-order valence-electron chi connectivity index (χ0n) is 17.7. The van der Waals surface area contributed by atoms with Crippen LogP contribution in [-0.2, 0) is 17.3 Å². The molecule has 0 fully saturated rings. The minimum atomic E-state index is -0.579. The Morgan fingerprint density at radius 3 is 2.83 bits per heavy atom. The molecule has 3 aliphatic rings. The standard InChI is InChI=1S/C23H26N6O/c1-5-23(15-8-6-7-14(11-15)18-9-10-25-29(18)4)16-13-24-28-20(16)26-17-12-22(2,3)27-21(30)19(17)23/h6-11,13,20,26H,5,12H2,1-4H3,(H,27,30). The maximum Gasteiger partial charge on any atom is 0.250 e. The van der Waals surface area contributed by atoms with E-state index in [4.69, 9.17) is 0 Å². The first-order chi connectivity index (χ1) is 14.4. The van der Waals surface area contributed by atoms with Crippen molar-refractivity contribution in [3.8, 4) is 11.3 Å². The normalized spacial score (nSPS) is 26.6. The monoisotopic (exact) mass is 402 g/mol. The molecule has 2 aromatic rings. The highest BCUT2D eigenvalue weighted by Crippen LogP contribution is 2.51. The van der Waals surface area contributed by atoms with Crippen LogP contribution in [0, 0.1) is 0 Å². The molecular weight excluding hydrogens is 376 g/mol. The predicted molar refractivity (Wildman–Crippen MR) is 114 cm³/mol. The molecule has 30 heavy (non-hydrogen) atoms. The van der Waals surface area contributed by atoms with E-state index in [2.05, 4.69) is 71.0 Å². The molecule has 1 amide bonds. The van der Waals surface area contributed by atoms with Crippen LogP contribution in [0.3, 0.4) is 0 Å². The zero-order valence-corrected chi connectivity index (χ0v) is 17.7. The molecule has 7 nitrogen and oxygen atoms in total. The third-order valence-corrected chi connectivity index (χ3v) is 6.51. The van der Waals surface area contributed by atoms with Gasteiger partial charge in [0.1, 0.15) is 0 Å². The van der Waals surface area contributed by atoms with Crippen molar-refractivity contribution >= 4 is 5.91 Å². The van der Waals surface area contributed by atoms with Crippen molar-refractivity contribution in [3.63, 3.8) is 0 Å². The third kappa shape index (κ3) is 2.57. The van der Waals surface area contributed by atoms with Crippen LogP contribution in [0.15, 0.2) is 69.8 Å². The fourth-order valence-corrected chi connectivity index (χ4v) is 5.21. The second-order valence-corrected chi connectivity index (χ2v) is 8.91. The fourth-order valence-electron chi connectivity index (χ4n) is 5.21. The van der Waals surface area contributed by atoms with Gasteiger partial charge in [0.2, 0.25) is 0 Å². The van der Waals surface area contributed by atoms with E-state index in [-0.39, 0.29) is 17.6 Å². The third-order valence-electron chi connectivity index (χ3n) is 6.51. The van der Waals surface area contributed by atoms with Crippen molar-refractivity contribution < 1.29 is 4.79 Å². The number of fused-ring (bicyclic) bond motifs is 1. The summed E-state index contributed by atoms with van der Waals surface area (Å²) in [5.74, 6) is -0.0206. The van der Waals surface area contributed by atoms with E-state index >= 15 is 0 Å². The molecule has 2 atom stereocenters. The summed E-state index contributed by atoms with van der Waals surface area (Å²) >= 11 is 0. The molecule has 154 valence electrons. The lowest BCUT2D eigenvalue weighted by molar-refractivity contribution is -0.120. The molecule has 0 aliphatic carbocycles. The molecule has 0 bridgehead atoms. The van der Waals surface area contributed by atoms with Crippen LogP contribution in [0.4, 0.5) is 0 Å². The SMILES string of the molecule is CCC1(c2cccc(-c3ccnn3C)c2)C2=CN=NC2NC2=C1C(=O)NC(C)(C)C2. The number of nitrogens with one attached hydrogen (secondary N) is 2. The van der Waals surface area contributed by atoms with Crippen molar-refractivity contribution in [1.29, 1.82) is 0 Å². The fraction of sp³-hybridized carbons (Fsp3) is 0.391. The Balaban J connectivity index is 1.75. The quantitative estimate of drug-likeness (QED) is 0.823. The first-order valence-electron chi connectivity index (χ1n) is 10.4. The molecule has 5 rings (SSSR count). The van der Waals surface area contributed by atoms with Gasteiger partial charge < -0.3 is 10.6 Å². The Morgan fingerprint density at radius 2 is 2.10 bits per heavy atom. The Labute approximate surface area is 176 Å². The lowest BCUT2D eigenvalue weighted by atomic mass is 9.62. The smallest absolute Gasteiger partial charge is 0.250 e. The van der Waals surface area contributed by atoms with Crippen molar-refractivity contribution in [3.05, 3.63) is 65.1 Å². The van der Waals surface area contributed by atoms with Crippen molar-refractivity contribution in [2.45, 2.75) is 50.7 Å². The number of hydrogen-bond donors (Lipinski definition) is 2. The molecule has 1 aromatic heterocycles. The highest BCUT2D eigenvalue weighted by atomic mass is 16.2. The van der Waals surface area contributed by atoms with Gasteiger partial charge in [-0.1, -0.05) is 25.1 Å². The molecule has 7 heteroatoms. The highest BCUT2D eigenvalue weighted by Gasteiger charge is 2.53. The molecule has 0 saturated carbocycles. The summed E-state index contributed by atoms with van der Waals surface area (Å²) in [5.41, 5.74) is 5.09. The van der Waals surface area contributed by atoms with E-state index in [9.17, 15) is 4.79 Å². The second-order valence-electron chi connectivity index (χ2n) is 8.91. The minimum absolute atomic E-state index is 0.0206. The van der Waals surface area contributed by atoms with Crippen molar-refractivity contribution in [1.82, 2.24) is 20.4 Å². The van der Waals surface area contributed by atoms with Gasteiger partial charge in [0.25, 0.3) is 5.91 Å². The molecule has 0 radical (unpaired) electrons. The molecule has 3 aliphatic heterocycles. The van der Waals surface area contributed by atoms with E-state index < -0.39 is 5.41 Å². The molecule has 0 spiro atoms. The van der Waals surface area contributed by atoms with E-state index in [1.807, 2.05) is 24.0 Å². The number of rotatable bonds is 3. The maximum atomic E-state index is 13.4. The van der Waals surface area contributed by atoms with Gasteiger partial charge in [-0.15, -0.1) is 0 Å². The van der Waals surface area contributed by atoms with Crippen LogP contribution in [-0.4, -0.2) is 27.4 Å². The number of hydrogen-bond acceptors (Lipinski definition) is 5. The van der Waals surface area contributed by atoms with Crippen molar-refractivity contribution in [2.24, 2.45) is 17.3 Å². The molecule has 4 heterocycles. The summed E-state index contributed by atoms with van der Waals surface area (Å²) in [6.07, 6.45) is 4.87. The van der Waals surface area contributed by atoms with Crippen LogP contribution in [0.1, 0.15) is 39.2 Å². The molecule has 0 saturated heterocycles. The van der Waals surface area contributed by atoms with E-state index in [1.54, 1.807) is 6.20 Å². The van der Waals surface area contributed by atoms with Crippen LogP contribution in [0.2, 0.25) is 0 Å². The number of azo groups is 1. The van der Waals surface area contributed by atoms with Gasteiger partial charge in [0.15, 0.2) is 6.17 Å². The van der Waals surface area contributed by atoms with Crippen LogP contribution in [0.25, 0.3) is 11.3 Å².